The zero-order chi connectivity index (χ0) is 11.3. The summed E-state index contributed by atoms with van der Waals surface area (Å²) in [6.07, 6.45) is 3.18. The molecule has 0 aliphatic heterocycles. The minimum Gasteiger partial charge on any atom is -0.332 e. The van der Waals surface area contributed by atoms with Crippen molar-refractivity contribution in [2.45, 2.75) is 18.8 Å². The van der Waals surface area contributed by atoms with Crippen LogP contribution < -0.4 is 0 Å². The van der Waals surface area contributed by atoms with Crippen LogP contribution in [0.15, 0.2) is 22.8 Å². The van der Waals surface area contributed by atoms with Gasteiger partial charge in [0.2, 0.25) is 0 Å². The van der Waals surface area contributed by atoms with Crippen LogP contribution in [0.3, 0.4) is 0 Å². The maximum absolute atomic E-state index is 11.0. The molecule has 16 heavy (non-hydrogen) atoms. The third-order valence-corrected chi connectivity index (χ3v) is 3.67. The van der Waals surface area contributed by atoms with E-state index in [0.717, 1.165) is 15.5 Å². The van der Waals surface area contributed by atoms with Gasteiger partial charge in [-0.1, -0.05) is 0 Å². The van der Waals surface area contributed by atoms with Crippen LogP contribution in [0.25, 0.3) is 11.0 Å². The monoisotopic (exact) mass is 278 g/mol. The highest BCUT2D eigenvalue weighted by Gasteiger charge is 2.30. The van der Waals surface area contributed by atoms with Crippen LogP contribution in [0.4, 0.5) is 0 Å². The van der Waals surface area contributed by atoms with Crippen molar-refractivity contribution in [1.82, 2.24) is 9.55 Å². The molecule has 82 valence electrons. The highest BCUT2D eigenvalue weighted by Crippen LogP contribution is 2.36. The topological polar surface area (TPSA) is 34.9 Å². The summed E-state index contributed by atoms with van der Waals surface area (Å²) in [5.74, 6) is 0.759. The Morgan fingerprint density at radius 1 is 1.44 bits per heavy atom. The molecule has 0 unspecified atom stereocenters. The molecule has 1 saturated carbocycles. The predicted molar refractivity (Wildman–Crippen MR) is 65.4 cm³/mol. The molecule has 3 rings (SSSR count). The molecular weight excluding hydrogens is 268 g/mol. The molecule has 0 aromatic carbocycles. The normalized spacial score (nSPS) is 16.8. The fraction of sp³-hybridized carbons (Fsp3) is 0.333. The zero-order valence-electron chi connectivity index (χ0n) is 8.90. The van der Waals surface area contributed by atoms with Crippen molar-refractivity contribution < 1.29 is 4.79 Å². The molecule has 2 aromatic heterocycles. The van der Waals surface area contributed by atoms with E-state index in [1.165, 1.54) is 5.69 Å². The summed E-state index contributed by atoms with van der Waals surface area (Å²) in [5, 5.41) is 1.13. The number of fused-ring (bicyclic) bond motifs is 1. The van der Waals surface area contributed by atoms with Gasteiger partial charge >= 0.3 is 0 Å². The van der Waals surface area contributed by atoms with E-state index in [2.05, 4.69) is 37.6 Å². The SMILES string of the molecule is Cn1c(C2CC(=O)C2)cc2cc(Br)cnc21. The van der Waals surface area contributed by atoms with Gasteiger partial charge in [-0.3, -0.25) is 4.79 Å². The standard InChI is InChI=1S/C12H11BrN2O/c1-15-11(7-3-10(16)4-7)5-8-2-9(13)6-14-12(8)15/h2,5-7H,3-4H2,1H3. The van der Waals surface area contributed by atoms with Gasteiger partial charge < -0.3 is 4.57 Å². The van der Waals surface area contributed by atoms with E-state index in [-0.39, 0.29) is 0 Å². The highest BCUT2D eigenvalue weighted by atomic mass is 79.9. The number of carbonyl (C=O) groups excluding carboxylic acids is 1. The molecule has 0 spiro atoms. The summed E-state index contributed by atoms with van der Waals surface area (Å²) in [4.78, 5) is 15.4. The van der Waals surface area contributed by atoms with E-state index in [0.29, 0.717) is 24.5 Å². The molecule has 3 nitrogen and oxygen atoms in total. The van der Waals surface area contributed by atoms with Crippen LogP contribution in [0, 0.1) is 0 Å². The second-order valence-corrected chi connectivity index (χ2v) is 5.25. The Hall–Kier alpha value is -1.16. The maximum atomic E-state index is 11.0. The first-order chi connectivity index (χ1) is 7.65. The van der Waals surface area contributed by atoms with Crippen molar-refractivity contribution in [2.24, 2.45) is 7.05 Å². The maximum Gasteiger partial charge on any atom is 0.139 e. The number of aryl methyl sites for hydroxylation is 1. The number of rotatable bonds is 1. The first kappa shape index (κ1) is 10.0. The Labute approximate surface area is 102 Å². The number of pyridine rings is 1. The van der Waals surface area contributed by atoms with Crippen LogP contribution in [0.1, 0.15) is 24.5 Å². The van der Waals surface area contributed by atoms with Crippen molar-refractivity contribution in [2.75, 3.05) is 0 Å². The lowest BCUT2D eigenvalue weighted by Crippen LogP contribution is -2.22. The number of aromatic nitrogens is 2. The predicted octanol–water partition coefficient (Wildman–Crippen LogP) is 2.78. The molecule has 0 bridgehead atoms. The number of ketones is 1. The Morgan fingerprint density at radius 3 is 2.88 bits per heavy atom. The molecule has 2 heterocycles. The number of nitrogens with zero attached hydrogens (tertiary/aromatic N) is 2. The van der Waals surface area contributed by atoms with E-state index in [4.69, 9.17) is 0 Å². The van der Waals surface area contributed by atoms with Gasteiger partial charge in [-0.25, -0.2) is 4.98 Å². The van der Waals surface area contributed by atoms with Crippen molar-refractivity contribution in [3.8, 4) is 0 Å². The van der Waals surface area contributed by atoms with Crippen molar-refractivity contribution in [3.05, 3.63) is 28.5 Å². The highest BCUT2D eigenvalue weighted by molar-refractivity contribution is 9.10. The Kier molecular flexibility index (Phi) is 2.14. The minimum atomic E-state index is 0.365. The van der Waals surface area contributed by atoms with Gasteiger partial charge in [0.05, 0.1) is 0 Å². The summed E-state index contributed by atoms with van der Waals surface area (Å²) in [7, 11) is 2.02. The van der Waals surface area contributed by atoms with Crippen LogP contribution in [-0.4, -0.2) is 15.3 Å². The number of hydrogen-bond acceptors (Lipinski definition) is 2. The number of Topliss-reactive ketones (excluding diaryl/α,β-unsaturated/α-hetero) is 1. The molecule has 0 saturated heterocycles. The Balaban J connectivity index is 2.12. The number of halogens is 1. The largest absolute Gasteiger partial charge is 0.332 e. The summed E-state index contributed by atoms with van der Waals surface area (Å²) in [5.41, 5.74) is 2.21. The smallest absolute Gasteiger partial charge is 0.139 e. The van der Waals surface area contributed by atoms with Gasteiger partial charge in [-0.05, 0) is 28.1 Å². The molecular formula is C12H11BrN2O. The summed E-state index contributed by atoms with van der Waals surface area (Å²) >= 11 is 3.42. The second kappa shape index (κ2) is 3.42. The average molecular weight is 279 g/mol. The third kappa shape index (κ3) is 1.40. The molecule has 0 radical (unpaired) electrons. The Morgan fingerprint density at radius 2 is 2.19 bits per heavy atom. The summed E-state index contributed by atoms with van der Waals surface area (Å²) in [6.45, 7) is 0. The van der Waals surface area contributed by atoms with Gasteiger partial charge in [0.15, 0.2) is 0 Å². The van der Waals surface area contributed by atoms with E-state index in [9.17, 15) is 4.79 Å². The molecule has 4 heteroatoms. The molecule has 1 fully saturated rings. The lowest BCUT2D eigenvalue weighted by Gasteiger charge is -2.24. The fourth-order valence-corrected chi connectivity index (χ4v) is 2.65. The van der Waals surface area contributed by atoms with Crippen molar-refractivity contribution >= 4 is 32.7 Å². The van der Waals surface area contributed by atoms with Crippen molar-refractivity contribution in [3.63, 3.8) is 0 Å². The van der Waals surface area contributed by atoms with Crippen molar-refractivity contribution in [1.29, 1.82) is 0 Å². The van der Waals surface area contributed by atoms with E-state index < -0.39 is 0 Å². The first-order valence-corrected chi connectivity index (χ1v) is 6.07. The van der Waals surface area contributed by atoms with E-state index in [1.54, 1.807) is 6.20 Å². The Bertz CT molecular complexity index is 580. The molecule has 0 amide bonds. The average Bonchev–Trinajstić information content (AvgIpc) is 2.51. The molecule has 0 atom stereocenters. The van der Waals surface area contributed by atoms with Gasteiger partial charge in [0.1, 0.15) is 11.4 Å². The van der Waals surface area contributed by atoms with Gasteiger partial charge in [-0.15, -0.1) is 0 Å². The molecule has 0 N–H and O–H groups in total. The summed E-state index contributed by atoms with van der Waals surface area (Å²) < 4.78 is 3.08. The van der Waals surface area contributed by atoms with Crippen LogP contribution in [-0.2, 0) is 11.8 Å². The van der Waals surface area contributed by atoms with Crippen LogP contribution in [0.5, 0.6) is 0 Å². The fourth-order valence-electron chi connectivity index (χ4n) is 2.30. The van der Waals surface area contributed by atoms with Gasteiger partial charge in [0.25, 0.3) is 0 Å². The van der Waals surface area contributed by atoms with Crippen LogP contribution in [0.2, 0.25) is 0 Å². The molecule has 2 aromatic rings. The number of hydrogen-bond donors (Lipinski definition) is 0. The molecule has 1 aliphatic carbocycles. The quantitative estimate of drug-likeness (QED) is 0.804. The lowest BCUT2D eigenvalue weighted by atomic mass is 9.81. The first-order valence-electron chi connectivity index (χ1n) is 5.27. The zero-order valence-corrected chi connectivity index (χ0v) is 10.5. The minimum absolute atomic E-state index is 0.365. The second-order valence-electron chi connectivity index (χ2n) is 4.34. The van der Waals surface area contributed by atoms with Crippen LogP contribution >= 0.6 is 15.9 Å². The van der Waals surface area contributed by atoms with Gasteiger partial charge in [0, 0.05) is 47.6 Å². The third-order valence-electron chi connectivity index (χ3n) is 3.24. The van der Waals surface area contributed by atoms with E-state index >= 15 is 0 Å². The number of carbonyl (C=O) groups is 1. The van der Waals surface area contributed by atoms with Gasteiger partial charge in [-0.2, -0.15) is 0 Å². The molecule has 1 aliphatic rings. The van der Waals surface area contributed by atoms with E-state index in [1.807, 2.05) is 7.05 Å². The lowest BCUT2D eigenvalue weighted by molar-refractivity contribution is -0.124. The summed E-state index contributed by atoms with van der Waals surface area (Å²) in [6, 6.07) is 4.20.